The van der Waals surface area contributed by atoms with Crippen molar-refractivity contribution in [3.8, 4) is 0 Å². The highest BCUT2D eigenvalue weighted by Crippen LogP contribution is 2.38. The molecule has 1 atom stereocenters. The van der Waals surface area contributed by atoms with E-state index in [-0.39, 0.29) is 10.9 Å². The number of rotatable bonds is 9. The number of benzene rings is 1. The van der Waals surface area contributed by atoms with Gasteiger partial charge >= 0.3 is 6.18 Å². The fourth-order valence-electron chi connectivity index (χ4n) is 4.28. The van der Waals surface area contributed by atoms with Crippen molar-refractivity contribution in [2.45, 2.75) is 89.6 Å². The number of carbonyl (C=O) groups excluding carboxylic acids is 1. The average molecular weight is 510 g/mol. The molecule has 1 aromatic heterocycles. The third kappa shape index (κ3) is 7.43. The standard InChI is InChI=1S/C26H38F3N3O2Si/c1-25(2,3)35(4,5)34-16-15-32-14-13-23(31-32)30-24(33)22(17-19-9-6-7-10-19)20-11-8-12-21(18-20)26(27,28)29/h8,11-14,18-19,22H,6-7,9-10,15-17H2,1-5H3,(H,30,31,33)/t22-/m1/s1. The van der Waals surface area contributed by atoms with Crippen molar-refractivity contribution in [2.24, 2.45) is 5.92 Å². The molecule has 1 aliphatic rings. The quantitative estimate of drug-likeness (QED) is 0.363. The first-order valence-electron chi connectivity index (χ1n) is 12.4. The summed E-state index contributed by atoms with van der Waals surface area (Å²) in [6.45, 7) is 12.0. The zero-order valence-electron chi connectivity index (χ0n) is 21.4. The summed E-state index contributed by atoms with van der Waals surface area (Å²) >= 11 is 0. The van der Waals surface area contributed by atoms with E-state index in [9.17, 15) is 18.0 Å². The van der Waals surface area contributed by atoms with Crippen LogP contribution in [0.3, 0.4) is 0 Å². The van der Waals surface area contributed by atoms with Crippen LogP contribution in [0.25, 0.3) is 0 Å². The fourth-order valence-corrected chi connectivity index (χ4v) is 5.32. The van der Waals surface area contributed by atoms with Gasteiger partial charge < -0.3 is 9.74 Å². The zero-order valence-corrected chi connectivity index (χ0v) is 22.4. The van der Waals surface area contributed by atoms with E-state index in [2.05, 4.69) is 44.3 Å². The van der Waals surface area contributed by atoms with Crippen molar-refractivity contribution in [2.75, 3.05) is 11.9 Å². The molecule has 1 aliphatic carbocycles. The number of aromatic nitrogens is 2. The number of nitrogens with zero attached hydrogens (tertiary/aromatic N) is 2. The number of anilines is 1. The minimum Gasteiger partial charge on any atom is -0.415 e. The van der Waals surface area contributed by atoms with Gasteiger partial charge in [-0.15, -0.1) is 0 Å². The smallest absolute Gasteiger partial charge is 0.415 e. The largest absolute Gasteiger partial charge is 0.416 e. The van der Waals surface area contributed by atoms with Crippen LogP contribution < -0.4 is 5.32 Å². The lowest BCUT2D eigenvalue weighted by molar-refractivity contribution is -0.137. The van der Waals surface area contributed by atoms with E-state index in [1.807, 2.05) is 0 Å². The van der Waals surface area contributed by atoms with Gasteiger partial charge in [0.2, 0.25) is 5.91 Å². The van der Waals surface area contributed by atoms with Crippen molar-refractivity contribution in [3.05, 3.63) is 47.7 Å². The van der Waals surface area contributed by atoms with E-state index in [0.717, 1.165) is 37.8 Å². The summed E-state index contributed by atoms with van der Waals surface area (Å²) in [6.07, 6.45) is 2.08. The van der Waals surface area contributed by atoms with Crippen molar-refractivity contribution >= 4 is 20.0 Å². The molecular weight excluding hydrogens is 471 g/mol. The average Bonchev–Trinajstić information content (AvgIpc) is 3.42. The van der Waals surface area contributed by atoms with Gasteiger partial charge in [-0.25, -0.2) is 0 Å². The second-order valence-corrected chi connectivity index (χ2v) is 15.9. The van der Waals surface area contributed by atoms with E-state index >= 15 is 0 Å². The van der Waals surface area contributed by atoms with Crippen molar-refractivity contribution in [1.82, 2.24) is 9.78 Å². The maximum atomic E-state index is 13.3. The number of hydrogen-bond acceptors (Lipinski definition) is 3. The molecule has 2 aromatic rings. The molecule has 0 saturated heterocycles. The van der Waals surface area contributed by atoms with Crippen LogP contribution >= 0.6 is 0 Å². The van der Waals surface area contributed by atoms with Gasteiger partial charge in [-0.1, -0.05) is 64.7 Å². The molecule has 5 nitrogen and oxygen atoms in total. The van der Waals surface area contributed by atoms with Gasteiger partial charge in [0, 0.05) is 12.3 Å². The normalized spacial score (nSPS) is 16.5. The van der Waals surface area contributed by atoms with Crippen LogP contribution in [0.5, 0.6) is 0 Å². The van der Waals surface area contributed by atoms with Crippen LogP contribution in [-0.4, -0.2) is 30.6 Å². The molecule has 0 spiro atoms. The van der Waals surface area contributed by atoms with Crippen LogP contribution in [0, 0.1) is 5.92 Å². The molecular formula is C26H38F3N3O2Si. The number of halogens is 3. The fraction of sp³-hybridized carbons (Fsp3) is 0.615. The van der Waals surface area contributed by atoms with Gasteiger partial charge in [-0.3, -0.25) is 9.48 Å². The first-order valence-corrected chi connectivity index (χ1v) is 15.3. The third-order valence-corrected chi connectivity index (χ3v) is 12.0. The summed E-state index contributed by atoms with van der Waals surface area (Å²) in [5.74, 6) is -0.248. The van der Waals surface area contributed by atoms with E-state index in [4.69, 9.17) is 4.43 Å². The Labute approximate surface area is 207 Å². The molecule has 0 radical (unpaired) electrons. The maximum Gasteiger partial charge on any atom is 0.416 e. The Balaban J connectivity index is 1.68. The summed E-state index contributed by atoms with van der Waals surface area (Å²) in [7, 11) is -1.86. The van der Waals surface area contributed by atoms with E-state index in [0.29, 0.717) is 36.9 Å². The van der Waals surface area contributed by atoms with Gasteiger partial charge in [-0.05, 0) is 42.1 Å². The molecule has 1 N–H and O–H groups in total. The maximum absolute atomic E-state index is 13.3. The Morgan fingerprint density at radius 1 is 1.20 bits per heavy atom. The summed E-state index contributed by atoms with van der Waals surface area (Å²) in [6, 6.07) is 6.86. The van der Waals surface area contributed by atoms with E-state index < -0.39 is 26.0 Å². The summed E-state index contributed by atoms with van der Waals surface area (Å²) in [5, 5.41) is 7.40. The van der Waals surface area contributed by atoms with Crippen LogP contribution in [-0.2, 0) is 21.9 Å². The minimum absolute atomic E-state index is 0.119. The van der Waals surface area contributed by atoms with E-state index in [1.54, 1.807) is 23.0 Å². The van der Waals surface area contributed by atoms with Crippen LogP contribution in [0.15, 0.2) is 36.5 Å². The predicted octanol–water partition coefficient (Wildman–Crippen LogP) is 7.23. The molecule has 1 heterocycles. The van der Waals surface area contributed by atoms with Gasteiger partial charge in [-0.2, -0.15) is 18.3 Å². The van der Waals surface area contributed by atoms with Gasteiger partial charge in [0.1, 0.15) is 0 Å². The Morgan fingerprint density at radius 2 is 1.89 bits per heavy atom. The van der Waals surface area contributed by atoms with Crippen LogP contribution in [0.1, 0.15) is 69.9 Å². The van der Waals surface area contributed by atoms with E-state index in [1.165, 1.54) is 6.07 Å². The van der Waals surface area contributed by atoms with Gasteiger partial charge in [0.05, 0.1) is 24.6 Å². The minimum atomic E-state index is -4.45. The highest BCUT2D eigenvalue weighted by molar-refractivity contribution is 6.74. The van der Waals surface area contributed by atoms with Crippen molar-refractivity contribution in [3.63, 3.8) is 0 Å². The molecule has 9 heteroatoms. The molecule has 194 valence electrons. The van der Waals surface area contributed by atoms with Gasteiger partial charge in [0.25, 0.3) is 0 Å². The molecule has 35 heavy (non-hydrogen) atoms. The highest BCUT2D eigenvalue weighted by Gasteiger charge is 2.37. The topological polar surface area (TPSA) is 56.1 Å². The second kappa shape index (κ2) is 10.9. The SMILES string of the molecule is CC(C)(C)[Si](C)(C)OCCn1ccc(NC(=O)[C@H](CC2CCCC2)c2cccc(C(F)(F)F)c2)n1. The molecule has 0 bridgehead atoms. The molecule has 0 unspecified atom stereocenters. The van der Waals surface area contributed by atoms with Crippen LogP contribution in [0.4, 0.5) is 19.0 Å². The second-order valence-electron chi connectivity index (χ2n) is 11.1. The number of carbonyl (C=O) groups is 1. The third-order valence-electron chi connectivity index (χ3n) is 7.46. The summed E-state index contributed by atoms with van der Waals surface area (Å²) in [5.41, 5.74) is -0.336. The van der Waals surface area contributed by atoms with Gasteiger partial charge in [0.15, 0.2) is 14.1 Å². The Hall–Kier alpha value is -2.13. The Kier molecular flexibility index (Phi) is 8.52. The number of alkyl halides is 3. The number of hydrogen-bond donors (Lipinski definition) is 1. The monoisotopic (exact) mass is 509 g/mol. The van der Waals surface area contributed by atoms with Crippen molar-refractivity contribution < 1.29 is 22.4 Å². The summed E-state index contributed by atoms with van der Waals surface area (Å²) < 4.78 is 47.8. The molecule has 1 fully saturated rings. The highest BCUT2D eigenvalue weighted by atomic mass is 28.4. The summed E-state index contributed by atoms with van der Waals surface area (Å²) in [4.78, 5) is 13.3. The first kappa shape index (κ1) is 27.5. The number of amides is 1. The molecule has 1 amide bonds. The van der Waals surface area contributed by atoms with Crippen LogP contribution in [0.2, 0.25) is 18.1 Å². The lowest BCUT2D eigenvalue weighted by Gasteiger charge is -2.36. The lowest BCUT2D eigenvalue weighted by Crippen LogP contribution is -2.41. The Bertz CT molecular complexity index is 992. The molecule has 3 rings (SSSR count). The number of nitrogens with one attached hydrogen (secondary N) is 1. The molecule has 1 saturated carbocycles. The molecule has 1 aromatic carbocycles. The zero-order chi connectivity index (χ0) is 25.9. The lowest BCUT2D eigenvalue weighted by atomic mass is 9.86. The predicted molar refractivity (Wildman–Crippen MR) is 135 cm³/mol. The first-order chi connectivity index (χ1) is 16.3. The molecule has 0 aliphatic heterocycles. The van der Waals surface area contributed by atoms with Crippen molar-refractivity contribution in [1.29, 1.82) is 0 Å². The Morgan fingerprint density at radius 3 is 2.51 bits per heavy atom.